The number of pyridine rings is 1. The van der Waals surface area contributed by atoms with Crippen LogP contribution in [-0.4, -0.2) is 41.7 Å². The van der Waals surface area contributed by atoms with Crippen molar-refractivity contribution in [1.29, 1.82) is 0 Å². The van der Waals surface area contributed by atoms with Gasteiger partial charge in [0.25, 0.3) is 11.8 Å². The van der Waals surface area contributed by atoms with Crippen LogP contribution in [0.25, 0.3) is 11.6 Å². The summed E-state index contributed by atoms with van der Waals surface area (Å²) < 4.78 is 5.87. The quantitative estimate of drug-likeness (QED) is 0.670. The normalized spacial score (nSPS) is 18.7. The first-order chi connectivity index (χ1) is 14.6. The summed E-state index contributed by atoms with van der Waals surface area (Å²) in [5, 5.41) is 11.5. The third kappa shape index (κ3) is 4.67. The highest BCUT2D eigenvalue weighted by Crippen LogP contribution is 2.35. The number of amides is 1. The predicted octanol–water partition coefficient (Wildman–Crippen LogP) is 3.90. The average molecular weight is 406 g/mol. The maximum Gasteiger partial charge on any atom is 0.266 e. The van der Waals surface area contributed by atoms with Gasteiger partial charge in [-0.1, -0.05) is 6.07 Å². The Morgan fingerprint density at radius 2 is 1.83 bits per heavy atom. The van der Waals surface area contributed by atoms with Crippen molar-refractivity contribution < 1.29 is 9.21 Å². The van der Waals surface area contributed by atoms with Crippen molar-refractivity contribution in [3.63, 3.8) is 0 Å². The van der Waals surface area contributed by atoms with Crippen LogP contribution in [0.4, 0.5) is 5.69 Å². The minimum Gasteiger partial charge on any atom is -0.419 e. The Bertz CT molecular complexity index is 961. The first-order valence-electron chi connectivity index (χ1n) is 10.4. The Morgan fingerprint density at radius 1 is 1.07 bits per heavy atom. The topological polar surface area (TPSA) is 84.2 Å². The Kier molecular flexibility index (Phi) is 6.07. The Morgan fingerprint density at radius 3 is 2.50 bits per heavy atom. The number of rotatable bonds is 6. The van der Waals surface area contributed by atoms with Gasteiger partial charge >= 0.3 is 0 Å². The van der Waals surface area contributed by atoms with E-state index in [0.29, 0.717) is 35.5 Å². The molecule has 1 amide bonds. The standard InChI is InChI=1S/C23H27N5O2/c1-28(2)19-12-10-17(11-13-19)21(29)25-15-16-6-8-18(9-7-16)22-26-27-23(30-22)20-5-3-4-14-24-20/h3-5,10-14,16,18H,6-9,15H2,1-2H3,(H,25,29). The molecule has 1 aliphatic carbocycles. The van der Waals surface area contributed by atoms with Gasteiger partial charge in [0, 0.05) is 44.0 Å². The van der Waals surface area contributed by atoms with Crippen LogP contribution in [0.15, 0.2) is 53.1 Å². The summed E-state index contributed by atoms with van der Waals surface area (Å²) in [6.07, 6.45) is 5.76. The number of hydrogen-bond acceptors (Lipinski definition) is 6. The maximum absolute atomic E-state index is 12.4. The van der Waals surface area contributed by atoms with Gasteiger partial charge < -0.3 is 14.6 Å². The second kappa shape index (κ2) is 9.07. The van der Waals surface area contributed by atoms with Crippen molar-refractivity contribution in [3.05, 3.63) is 60.1 Å². The second-order valence-electron chi connectivity index (χ2n) is 8.03. The molecule has 0 radical (unpaired) electrons. The first-order valence-corrected chi connectivity index (χ1v) is 10.4. The van der Waals surface area contributed by atoms with E-state index in [4.69, 9.17) is 4.42 Å². The van der Waals surface area contributed by atoms with E-state index in [1.165, 1.54) is 0 Å². The van der Waals surface area contributed by atoms with Crippen molar-refractivity contribution in [2.45, 2.75) is 31.6 Å². The van der Waals surface area contributed by atoms with E-state index in [0.717, 1.165) is 31.4 Å². The van der Waals surface area contributed by atoms with Crippen LogP contribution in [0.5, 0.6) is 0 Å². The lowest BCUT2D eigenvalue weighted by atomic mass is 9.82. The summed E-state index contributed by atoms with van der Waals surface area (Å²) in [6, 6.07) is 13.3. The van der Waals surface area contributed by atoms with E-state index in [9.17, 15) is 4.79 Å². The van der Waals surface area contributed by atoms with Gasteiger partial charge in [-0.3, -0.25) is 9.78 Å². The number of benzene rings is 1. The van der Waals surface area contributed by atoms with Crippen LogP contribution >= 0.6 is 0 Å². The minimum atomic E-state index is -0.0145. The Balaban J connectivity index is 1.26. The molecule has 30 heavy (non-hydrogen) atoms. The van der Waals surface area contributed by atoms with Gasteiger partial charge in [-0.15, -0.1) is 10.2 Å². The van der Waals surface area contributed by atoms with Crippen LogP contribution < -0.4 is 10.2 Å². The van der Waals surface area contributed by atoms with E-state index in [-0.39, 0.29) is 11.8 Å². The Labute approximate surface area is 176 Å². The number of carbonyl (C=O) groups is 1. The largest absolute Gasteiger partial charge is 0.419 e. The third-order valence-electron chi connectivity index (χ3n) is 5.72. The molecule has 0 atom stereocenters. The molecule has 0 unspecified atom stereocenters. The molecule has 1 N–H and O–H groups in total. The first kappa shape index (κ1) is 20.1. The van der Waals surface area contributed by atoms with Gasteiger partial charge in [0.2, 0.25) is 5.89 Å². The molecule has 0 bridgehead atoms. The van der Waals surface area contributed by atoms with Crippen LogP contribution in [0, 0.1) is 5.92 Å². The van der Waals surface area contributed by atoms with Gasteiger partial charge in [-0.25, -0.2) is 0 Å². The summed E-state index contributed by atoms with van der Waals surface area (Å²) in [4.78, 5) is 18.7. The number of nitrogens with zero attached hydrogens (tertiary/aromatic N) is 4. The number of hydrogen-bond donors (Lipinski definition) is 1. The smallest absolute Gasteiger partial charge is 0.266 e. The number of nitrogens with one attached hydrogen (secondary N) is 1. The fourth-order valence-corrected chi connectivity index (χ4v) is 3.86. The molecular weight excluding hydrogens is 378 g/mol. The number of anilines is 1. The fraction of sp³-hybridized carbons (Fsp3) is 0.391. The van der Waals surface area contributed by atoms with Gasteiger partial charge in [0.05, 0.1) is 0 Å². The van der Waals surface area contributed by atoms with Crippen LogP contribution in [0.2, 0.25) is 0 Å². The third-order valence-corrected chi connectivity index (χ3v) is 5.72. The summed E-state index contributed by atoms with van der Waals surface area (Å²) in [7, 11) is 3.97. The van der Waals surface area contributed by atoms with E-state index in [2.05, 4.69) is 20.5 Å². The molecule has 4 rings (SSSR count). The molecule has 0 saturated heterocycles. The molecule has 2 heterocycles. The Hall–Kier alpha value is -3.22. The molecule has 1 aromatic carbocycles. The van der Waals surface area contributed by atoms with Crippen molar-refractivity contribution in [1.82, 2.24) is 20.5 Å². The molecule has 1 saturated carbocycles. The van der Waals surface area contributed by atoms with E-state index in [1.807, 2.05) is 61.5 Å². The lowest BCUT2D eigenvalue weighted by molar-refractivity contribution is 0.0942. The second-order valence-corrected chi connectivity index (χ2v) is 8.03. The van der Waals surface area contributed by atoms with Crippen LogP contribution in [0.3, 0.4) is 0 Å². The molecule has 0 aliphatic heterocycles. The van der Waals surface area contributed by atoms with Crippen LogP contribution in [0.1, 0.15) is 47.8 Å². The van der Waals surface area contributed by atoms with Crippen molar-refractivity contribution >= 4 is 11.6 Å². The summed E-state index contributed by atoms with van der Waals surface area (Å²) in [5.74, 6) is 1.91. The molecule has 3 aromatic rings. The van der Waals surface area contributed by atoms with E-state index < -0.39 is 0 Å². The van der Waals surface area contributed by atoms with Crippen LogP contribution in [-0.2, 0) is 0 Å². The van der Waals surface area contributed by atoms with E-state index >= 15 is 0 Å². The summed E-state index contributed by atoms with van der Waals surface area (Å²) >= 11 is 0. The average Bonchev–Trinajstić information content (AvgIpc) is 3.29. The fourth-order valence-electron chi connectivity index (χ4n) is 3.86. The van der Waals surface area contributed by atoms with Gasteiger partial charge in [0.1, 0.15) is 5.69 Å². The molecule has 7 nitrogen and oxygen atoms in total. The predicted molar refractivity (Wildman–Crippen MR) is 115 cm³/mol. The van der Waals surface area contributed by atoms with E-state index in [1.54, 1.807) is 6.20 Å². The highest BCUT2D eigenvalue weighted by molar-refractivity contribution is 5.94. The van der Waals surface area contributed by atoms with Crippen molar-refractivity contribution in [2.24, 2.45) is 5.92 Å². The summed E-state index contributed by atoms with van der Waals surface area (Å²) in [5.41, 5.74) is 2.48. The lowest BCUT2D eigenvalue weighted by Crippen LogP contribution is -2.31. The van der Waals surface area contributed by atoms with Gasteiger partial charge in [-0.2, -0.15) is 0 Å². The molecular formula is C23H27N5O2. The maximum atomic E-state index is 12.4. The minimum absolute atomic E-state index is 0.0145. The van der Waals surface area contributed by atoms with Crippen molar-refractivity contribution in [2.75, 3.05) is 25.5 Å². The molecule has 2 aromatic heterocycles. The highest BCUT2D eigenvalue weighted by Gasteiger charge is 2.27. The zero-order chi connectivity index (χ0) is 20.9. The zero-order valence-corrected chi connectivity index (χ0v) is 17.4. The lowest BCUT2D eigenvalue weighted by Gasteiger charge is -2.26. The van der Waals surface area contributed by atoms with Gasteiger partial charge in [0.15, 0.2) is 0 Å². The van der Waals surface area contributed by atoms with Gasteiger partial charge in [-0.05, 0) is 68.0 Å². The summed E-state index contributed by atoms with van der Waals surface area (Å²) in [6.45, 7) is 0.698. The molecule has 7 heteroatoms. The number of aromatic nitrogens is 3. The number of carbonyl (C=O) groups excluding carboxylic acids is 1. The van der Waals surface area contributed by atoms with Crippen molar-refractivity contribution in [3.8, 4) is 11.6 Å². The highest BCUT2D eigenvalue weighted by atomic mass is 16.4. The molecule has 1 fully saturated rings. The molecule has 156 valence electrons. The molecule has 0 spiro atoms. The molecule has 1 aliphatic rings. The monoisotopic (exact) mass is 405 g/mol. The SMILES string of the molecule is CN(C)c1ccc(C(=O)NCC2CCC(c3nnc(-c4ccccn4)o3)CC2)cc1. The zero-order valence-electron chi connectivity index (χ0n) is 17.4.